The predicted molar refractivity (Wildman–Crippen MR) is 68.8 cm³/mol. The van der Waals surface area contributed by atoms with Crippen LogP contribution in [0, 0.1) is 5.92 Å². The van der Waals surface area contributed by atoms with Crippen LogP contribution >= 0.6 is 11.6 Å². The van der Waals surface area contributed by atoms with Gasteiger partial charge in [0.05, 0.1) is 0 Å². The number of hydrogen-bond acceptors (Lipinski definition) is 1. The summed E-state index contributed by atoms with van der Waals surface area (Å²) in [4.78, 5) is 12.0. The Labute approximate surface area is 104 Å². The molecular formula is C13H24ClNO. The van der Waals surface area contributed by atoms with Gasteiger partial charge < -0.3 is 5.32 Å². The van der Waals surface area contributed by atoms with E-state index in [1.54, 1.807) is 0 Å². The largest absolute Gasteiger partial charge is 0.353 e. The van der Waals surface area contributed by atoms with Gasteiger partial charge in [-0.25, -0.2) is 0 Å². The van der Waals surface area contributed by atoms with Crippen LogP contribution in [0.2, 0.25) is 0 Å². The van der Waals surface area contributed by atoms with Crippen LogP contribution in [0.25, 0.3) is 0 Å². The Bertz CT molecular complexity index is 200. The maximum atomic E-state index is 12.0. The molecule has 0 heterocycles. The minimum Gasteiger partial charge on any atom is -0.353 e. The molecule has 0 aliphatic heterocycles. The van der Waals surface area contributed by atoms with E-state index in [0.717, 1.165) is 25.7 Å². The molecule has 1 fully saturated rings. The molecule has 1 N–H and O–H groups in total. The van der Waals surface area contributed by atoms with Crippen molar-refractivity contribution in [3.63, 3.8) is 0 Å². The van der Waals surface area contributed by atoms with Crippen molar-refractivity contribution < 1.29 is 4.79 Å². The Kier molecular flexibility index (Phi) is 6.86. The molecule has 1 aliphatic carbocycles. The number of halogens is 1. The molecule has 0 spiro atoms. The Morgan fingerprint density at radius 2 is 1.94 bits per heavy atom. The lowest BCUT2D eigenvalue weighted by atomic mass is 9.98. The molecule has 94 valence electrons. The minimum atomic E-state index is 0.256. The monoisotopic (exact) mass is 245 g/mol. The van der Waals surface area contributed by atoms with Crippen molar-refractivity contribution in [2.45, 2.75) is 64.3 Å². The fourth-order valence-electron chi connectivity index (χ4n) is 2.37. The molecule has 1 saturated carbocycles. The zero-order valence-corrected chi connectivity index (χ0v) is 11.1. The van der Waals surface area contributed by atoms with E-state index in [9.17, 15) is 4.79 Å². The Morgan fingerprint density at radius 1 is 1.31 bits per heavy atom. The van der Waals surface area contributed by atoms with E-state index in [4.69, 9.17) is 11.6 Å². The number of amides is 1. The maximum absolute atomic E-state index is 12.0. The number of nitrogens with one attached hydrogen (secondary N) is 1. The lowest BCUT2D eigenvalue weighted by Gasteiger charge is -2.20. The summed E-state index contributed by atoms with van der Waals surface area (Å²) in [6.07, 6.45) is 9.02. The quantitative estimate of drug-likeness (QED) is 0.583. The highest BCUT2D eigenvalue weighted by atomic mass is 35.5. The number of rotatable bonds is 5. The van der Waals surface area contributed by atoms with Gasteiger partial charge in [-0.1, -0.05) is 32.6 Å². The van der Waals surface area contributed by atoms with Gasteiger partial charge in [-0.2, -0.15) is 0 Å². The smallest absolute Gasteiger partial charge is 0.223 e. The lowest BCUT2D eigenvalue weighted by Crippen LogP contribution is -2.38. The number of alkyl halides is 1. The summed E-state index contributed by atoms with van der Waals surface area (Å²) in [5.74, 6) is 1.15. The Morgan fingerprint density at radius 3 is 2.44 bits per heavy atom. The van der Waals surface area contributed by atoms with Crippen LogP contribution in [0.3, 0.4) is 0 Å². The van der Waals surface area contributed by atoms with Crippen LogP contribution in [0.5, 0.6) is 0 Å². The Hall–Kier alpha value is -0.240. The second-order valence-corrected chi connectivity index (χ2v) is 5.16. The summed E-state index contributed by atoms with van der Waals surface area (Å²) in [5, 5.41) is 3.14. The van der Waals surface area contributed by atoms with Gasteiger partial charge in [0, 0.05) is 17.8 Å². The van der Waals surface area contributed by atoms with Crippen molar-refractivity contribution in [3.8, 4) is 0 Å². The molecule has 0 aromatic heterocycles. The third-order valence-corrected chi connectivity index (χ3v) is 3.74. The van der Waals surface area contributed by atoms with Crippen molar-refractivity contribution in [3.05, 3.63) is 0 Å². The van der Waals surface area contributed by atoms with Crippen LogP contribution in [-0.4, -0.2) is 17.8 Å². The van der Waals surface area contributed by atoms with E-state index in [1.807, 2.05) is 0 Å². The molecular weight excluding hydrogens is 222 g/mol. The third-order valence-electron chi connectivity index (χ3n) is 3.52. The van der Waals surface area contributed by atoms with Gasteiger partial charge in [0.25, 0.3) is 0 Å². The van der Waals surface area contributed by atoms with E-state index in [1.165, 1.54) is 25.7 Å². The molecule has 0 aromatic carbocycles. The van der Waals surface area contributed by atoms with Crippen molar-refractivity contribution in [1.29, 1.82) is 0 Å². The minimum absolute atomic E-state index is 0.256. The molecule has 0 bridgehead atoms. The molecule has 1 aliphatic rings. The Balaban J connectivity index is 2.36. The molecule has 1 rings (SSSR count). The number of carbonyl (C=O) groups excluding carboxylic acids is 1. The third kappa shape index (κ3) is 4.73. The molecule has 16 heavy (non-hydrogen) atoms. The average molecular weight is 246 g/mol. The van der Waals surface area contributed by atoms with Gasteiger partial charge in [0.15, 0.2) is 0 Å². The van der Waals surface area contributed by atoms with Gasteiger partial charge in [-0.15, -0.1) is 11.6 Å². The zero-order valence-electron chi connectivity index (χ0n) is 10.3. The molecule has 3 heteroatoms. The summed E-state index contributed by atoms with van der Waals surface area (Å²) < 4.78 is 0. The van der Waals surface area contributed by atoms with Gasteiger partial charge in [-0.05, 0) is 25.7 Å². The van der Waals surface area contributed by atoms with Crippen molar-refractivity contribution >= 4 is 17.5 Å². The van der Waals surface area contributed by atoms with Gasteiger partial charge in [-0.3, -0.25) is 4.79 Å². The highest BCUT2D eigenvalue weighted by molar-refractivity contribution is 6.17. The standard InChI is InChI=1S/C13H24ClNO/c1-2-12(9-10-14)15-13(16)11-7-5-3-4-6-8-11/h11-12H,2-10H2,1H3,(H,15,16). The molecule has 0 radical (unpaired) electrons. The van der Waals surface area contributed by atoms with Crippen LogP contribution in [0.1, 0.15) is 58.3 Å². The summed E-state index contributed by atoms with van der Waals surface area (Å²) in [6.45, 7) is 2.10. The number of hydrogen-bond donors (Lipinski definition) is 1. The van der Waals surface area contributed by atoms with E-state index in [-0.39, 0.29) is 17.9 Å². The maximum Gasteiger partial charge on any atom is 0.223 e. The average Bonchev–Trinajstić information content (AvgIpc) is 2.56. The van der Waals surface area contributed by atoms with Crippen LogP contribution in [0.4, 0.5) is 0 Å². The molecule has 0 saturated heterocycles. The molecule has 1 unspecified atom stereocenters. The number of carbonyl (C=O) groups is 1. The van der Waals surface area contributed by atoms with E-state index in [2.05, 4.69) is 12.2 Å². The second kappa shape index (κ2) is 7.94. The second-order valence-electron chi connectivity index (χ2n) is 4.78. The van der Waals surface area contributed by atoms with Gasteiger partial charge >= 0.3 is 0 Å². The fourth-order valence-corrected chi connectivity index (χ4v) is 2.63. The first kappa shape index (κ1) is 13.8. The van der Waals surface area contributed by atoms with Crippen LogP contribution in [0.15, 0.2) is 0 Å². The highest BCUT2D eigenvalue weighted by Crippen LogP contribution is 2.23. The summed E-state index contributed by atoms with van der Waals surface area (Å²) in [6, 6.07) is 0.272. The lowest BCUT2D eigenvalue weighted by molar-refractivity contribution is -0.126. The van der Waals surface area contributed by atoms with E-state index >= 15 is 0 Å². The first-order chi connectivity index (χ1) is 7.77. The first-order valence-corrected chi connectivity index (χ1v) is 7.17. The van der Waals surface area contributed by atoms with E-state index < -0.39 is 0 Å². The predicted octanol–water partition coefficient (Wildman–Crippen LogP) is 3.48. The summed E-state index contributed by atoms with van der Waals surface area (Å²) >= 11 is 5.72. The van der Waals surface area contributed by atoms with E-state index in [0.29, 0.717) is 5.88 Å². The molecule has 1 amide bonds. The van der Waals surface area contributed by atoms with Crippen molar-refractivity contribution in [2.24, 2.45) is 5.92 Å². The molecule has 1 atom stereocenters. The summed E-state index contributed by atoms with van der Waals surface area (Å²) in [5.41, 5.74) is 0. The highest BCUT2D eigenvalue weighted by Gasteiger charge is 2.21. The normalized spacial score (nSPS) is 20.1. The van der Waals surface area contributed by atoms with Gasteiger partial charge in [0.1, 0.15) is 0 Å². The SMILES string of the molecule is CCC(CCCl)NC(=O)C1CCCCCC1. The van der Waals surface area contributed by atoms with Crippen molar-refractivity contribution in [2.75, 3.05) is 5.88 Å². The van der Waals surface area contributed by atoms with Crippen LogP contribution < -0.4 is 5.32 Å². The fraction of sp³-hybridized carbons (Fsp3) is 0.923. The first-order valence-electron chi connectivity index (χ1n) is 6.64. The van der Waals surface area contributed by atoms with Crippen molar-refractivity contribution in [1.82, 2.24) is 5.32 Å². The molecule has 2 nitrogen and oxygen atoms in total. The zero-order chi connectivity index (χ0) is 11.8. The topological polar surface area (TPSA) is 29.1 Å². The van der Waals surface area contributed by atoms with Gasteiger partial charge in [0.2, 0.25) is 5.91 Å². The van der Waals surface area contributed by atoms with Crippen LogP contribution in [-0.2, 0) is 4.79 Å². The summed E-state index contributed by atoms with van der Waals surface area (Å²) in [7, 11) is 0. The molecule has 0 aromatic rings.